The summed E-state index contributed by atoms with van der Waals surface area (Å²) in [5.74, 6) is 4.50. The molecule has 104 valence electrons. The molecule has 0 heterocycles. The molecule has 3 saturated carbocycles. The largest absolute Gasteiger partial charge is 0.0533 e. The molecule has 0 aromatic rings. The van der Waals surface area contributed by atoms with Crippen LogP contribution in [0.2, 0.25) is 0 Å². The highest BCUT2D eigenvalue weighted by atomic mass is 14.4. The molecule has 0 saturated heterocycles. The zero-order valence-corrected chi connectivity index (χ0v) is 12.2. The van der Waals surface area contributed by atoms with Gasteiger partial charge in [0, 0.05) is 0 Å². The molecule has 3 fully saturated rings. The molecular weight excluding hydrogens is 216 g/mol. The van der Waals surface area contributed by atoms with Crippen LogP contribution in [0.5, 0.6) is 0 Å². The predicted octanol–water partition coefficient (Wildman–Crippen LogP) is 5.95. The summed E-state index contributed by atoms with van der Waals surface area (Å²) < 4.78 is 0. The Morgan fingerprint density at radius 1 is 0.333 bits per heavy atom. The van der Waals surface area contributed by atoms with Crippen molar-refractivity contribution in [3.05, 3.63) is 0 Å². The molecule has 0 amide bonds. The molecule has 0 aliphatic heterocycles. The molecule has 3 rings (SSSR count). The highest BCUT2D eigenvalue weighted by Gasteiger charge is 2.32. The molecule has 0 N–H and O–H groups in total. The Hall–Kier alpha value is 0. The normalized spacial score (nSPS) is 39.7. The van der Waals surface area contributed by atoms with E-state index >= 15 is 0 Å². The maximum atomic E-state index is 1.62. The van der Waals surface area contributed by atoms with E-state index in [1.165, 1.54) is 32.1 Å². The Labute approximate surface area is 114 Å². The zero-order chi connectivity index (χ0) is 12.2. The van der Waals surface area contributed by atoms with Crippen LogP contribution in [-0.4, -0.2) is 0 Å². The van der Waals surface area contributed by atoms with Gasteiger partial charge in [-0.25, -0.2) is 0 Å². The lowest BCUT2D eigenvalue weighted by molar-refractivity contribution is 0.190. The first-order valence-electron chi connectivity index (χ1n) is 8.93. The van der Waals surface area contributed by atoms with Gasteiger partial charge in [-0.15, -0.1) is 0 Å². The summed E-state index contributed by atoms with van der Waals surface area (Å²) in [5, 5.41) is 0. The third kappa shape index (κ3) is 3.11. The molecule has 0 spiro atoms. The third-order valence-electron chi connectivity index (χ3n) is 6.39. The van der Waals surface area contributed by atoms with Crippen molar-refractivity contribution in [2.45, 2.75) is 89.9 Å². The van der Waals surface area contributed by atoms with Crippen molar-refractivity contribution in [3.8, 4) is 0 Å². The van der Waals surface area contributed by atoms with Crippen LogP contribution in [-0.2, 0) is 0 Å². The maximum Gasteiger partial charge on any atom is -0.0383 e. The van der Waals surface area contributed by atoms with Crippen LogP contribution >= 0.6 is 0 Å². The molecule has 3 unspecified atom stereocenters. The van der Waals surface area contributed by atoms with Gasteiger partial charge >= 0.3 is 0 Å². The fraction of sp³-hybridized carbons (Fsp3) is 1.00. The molecule has 0 heteroatoms. The lowest BCUT2D eigenvalue weighted by atomic mass is 9.74. The van der Waals surface area contributed by atoms with E-state index in [2.05, 4.69) is 0 Å². The number of hydrogen-bond acceptors (Lipinski definition) is 0. The minimum absolute atomic E-state index is 1.12. The molecule has 0 aromatic carbocycles. The first-order valence-corrected chi connectivity index (χ1v) is 8.93. The summed E-state index contributed by atoms with van der Waals surface area (Å²) in [6.07, 6.45) is 21.8. The van der Waals surface area contributed by atoms with E-state index in [1.807, 2.05) is 0 Å². The van der Waals surface area contributed by atoms with Crippen LogP contribution in [0.4, 0.5) is 0 Å². The lowest BCUT2D eigenvalue weighted by Gasteiger charge is -2.32. The van der Waals surface area contributed by atoms with Crippen molar-refractivity contribution in [1.29, 1.82) is 0 Å². The molecule has 3 aliphatic rings. The monoisotopic (exact) mass is 248 g/mol. The number of rotatable bonds is 1. The minimum Gasteiger partial charge on any atom is -0.0533 e. The van der Waals surface area contributed by atoms with Crippen molar-refractivity contribution in [2.75, 3.05) is 0 Å². The fourth-order valence-electron chi connectivity index (χ4n) is 5.33. The summed E-state index contributed by atoms with van der Waals surface area (Å²) in [6, 6.07) is 0. The molecule has 0 bridgehead atoms. The highest BCUT2D eigenvalue weighted by Crippen LogP contribution is 2.44. The van der Waals surface area contributed by atoms with Crippen LogP contribution in [0, 0.1) is 23.7 Å². The predicted molar refractivity (Wildman–Crippen MR) is 78.6 cm³/mol. The van der Waals surface area contributed by atoms with E-state index in [0.29, 0.717) is 0 Å². The molecule has 3 aliphatic carbocycles. The van der Waals surface area contributed by atoms with Gasteiger partial charge < -0.3 is 0 Å². The Balaban J connectivity index is 1.62. The Morgan fingerprint density at radius 3 is 1.28 bits per heavy atom. The van der Waals surface area contributed by atoms with Gasteiger partial charge in [0.15, 0.2) is 0 Å². The van der Waals surface area contributed by atoms with Crippen LogP contribution in [0.1, 0.15) is 89.9 Å². The quantitative estimate of drug-likeness (QED) is 0.537. The molecule has 0 radical (unpaired) electrons. The van der Waals surface area contributed by atoms with E-state index in [4.69, 9.17) is 0 Å². The van der Waals surface area contributed by atoms with E-state index in [-0.39, 0.29) is 0 Å². The van der Waals surface area contributed by atoms with Crippen molar-refractivity contribution >= 4 is 0 Å². The van der Waals surface area contributed by atoms with Crippen LogP contribution in [0.25, 0.3) is 0 Å². The van der Waals surface area contributed by atoms with Gasteiger partial charge in [0.2, 0.25) is 0 Å². The average molecular weight is 248 g/mol. The maximum absolute atomic E-state index is 1.62. The second-order valence-corrected chi connectivity index (χ2v) is 7.48. The van der Waals surface area contributed by atoms with Crippen molar-refractivity contribution < 1.29 is 0 Å². The van der Waals surface area contributed by atoms with Crippen molar-refractivity contribution in [3.63, 3.8) is 0 Å². The molecule has 0 aromatic heterocycles. The van der Waals surface area contributed by atoms with Crippen LogP contribution in [0.15, 0.2) is 0 Å². The van der Waals surface area contributed by atoms with Crippen molar-refractivity contribution in [1.82, 2.24) is 0 Å². The van der Waals surface area contributed by atoms with Gasteiger partial charge in [0.25, 0.3) is 0 Å². The van der Waals surface area contributed by atoms with Gasteiger partial charge in [-0.1, -0.05) is 83.5 Å². The van der Waals surface area contributed by atoms with E-state index in [1.54, 1.807) is 57.8 Å². The first-order chi connectivity index (χ1) is 8.93. The Morgan fingerprint density at radius 2 is 0.722 bits per heavy atom. The second-order valence-electron chi connectivity index (χ2n) is 7.48. The van der Waals surface area contributed by atoms with E-state index in [9.17, 15) is 0 Å². The summed E-state index contributed by atoms with van der Waals surface area (Å²) >= 11 is 0. The number of fused-ring (bicyclic) bond motifs is 1. The molecule has 3 atom stereocenters. The van der Waals surface area contributed by atoms with E-state index in [0.717, 1.165) is 23.7 Å². The van der Waals surface area contributed by atoms with Gasteiger partial charge in [0.05, 0.1) is 0 Å². The van der Waals surface area contributed by atoms with E-state index < -0.39 is 0 Å². The molecular formula is C18H32. The average Bonchev–Trinajstić information content (AvgIpc) is 2.74. The second kappa shape index (κ2) is 6.44. The molecule has 0 nitrogen and oxygen atoms in total. The highest BCUT2D eigenvalue weighted by molar-refractivity contribution is 4.84. The Bertz CT molecular complexity index is 238. The van der Waals surface area contributed by atoms with Crippen molar-refractivity contribution in [2.24, 2.45) is 23.7 Å². The third-order valence-corrected chi connectivity index (χ3v) is 6.39. The van der Waals surface area contributed by atoms with Crippen LogP contribution < -0.4 is 0 Å². The molecule has 18 heavy (non-hydrogen) atoms. The fourth-order valence-corrected chi connectivity index (χ4v) is 5.33. The minimum atomic E-state index is 1.12. The summed E-state index contributed by atoms with van der Waals surface area (Å²) in [5.41, 5.74) is 0. The lowest BCUT2D eigenvalue weighted by Crippen LogP contribution is -2.21. The zero-order valence-electron chi connectivity index (χ0n) is 12.2. The van der Waals surface area contributed by atoms with Gasteiger partial charge in [0.1, 0.15) is 0 Å². The summed E-state index contributed by atoms with van der Waals surface area (Å²) in [4.78, 5) is 0. The standard InChI is InChI=1S/C18H32/c1-3-8-15(9-4-1)18-13-7-12-16-10-5-2-6-11-17(16)14-18/h15-18H,1-14H2. The summed E-state index contributed by atoms with van der Waals surface area (Å²) in [6.45, 7) is 0. The first kappa shape index (κ1) is 13.0. The topological polar surface area (TPSA) is 0 Å². The smallest absolute Gasteiger partial charge is 0.0383 e. The SMILES string of the molecule is C1CCC(C2CCCC3CCCCCC3C2)CC1. The number of hydrogen-bond donors (Lipinski definition) is 0. The van der Waals surface area contributed by atoms with Gasteiger partial charge in [-0.05, 0) is 30.1 Å². The summed E-state index contributed by atoms with van der Waals surface area (Å²) in [7, 11) is 0. The van der Waals surface area contributed by atoms with Gasteiger partial charge in [-0.2, -0.15) is 0 Å². The van der Waals surface area contributed by atoms with Gasteiger partial charge in [-0.3, -0.25) is 0 Å². The van der Waals surface area contributed by atoms with Crippen LogP contribution in [0.3, 0.4) is 0 Å². The Kier molecular flexibility index (Phi) is 4.65.